The molecule has 0 heterocycles. The number of rotatable bonds is 2. The highest BCUT2D eigenvalue weighted by atomic mass is 35.5. The van der Waals surface area contributed by atoms with Crippen LogP contribution >= 0.6 is 11.6 Å². The Hall–Kier alpha value is -0.670. The third-order valence-corrected chi connectivity index (χ3v) is 2.40. The first-order chi connectivity index (χ1) is 6.32. The molecule has 0 fully saturated rings. The van der Waals surface area contributed by atoms with E-state index in [2.05, 4.69) is 0 Å². The second-order valence-corrected chi connectivity index (χ2v) is 3.77. The van der Waals surface area contributed by atoms with Crippen LogP contribution < -0.4 is 0 Å². The number of aliphatic hydroxyl groups is 1. The minimum absolute atomic E-state index is 0.133. The normalized spacial score (nSPS) is 14.1. The highest BCUT2D eigenvalue weighted by molar-refractivity contribution is 6.31. The van der Waals surface area contributed by atoms with Crippen molar-refractivity contribution in [2.24, 2.45) is 0 Å². The third kappa shape index (κ3) is 2.42. The number of halogens is 3. The van der Waals surface area contributed by atoms with E-state index in [1.54, 1.807) is 13.0 Å². The van der Waals surface area contributed by atoms with E-state index in [1.165, 1.54) is 12.1 Å². The molecule has 1 unspecified atom stereocenters. The molecule has 1 atom stereocenters. The van der Waals surface area contributed by atoms with Crippen molar-refractivity contribution in [1.29, 1.82) is 0 Å². The predicted octanol–water partition coefficient (Wildman–Crippen LogP) is 3.34. The second-order valence-electron chi connectivity index (χ2n) is 3.37. The van der Waals surface area contributed by atoms with E-state index in [-0.39, 0.29) is 5.56 Å². The van der Waals surface area contributed by atoms with Gasteiger partial charge in [0.1, 0.15) is 6.10 Å². The maximum atomic E-state index is 12.7. The van der Waals surface area contributed by atoms with Gasteiger partial charge in [-0.2, -0.15) is 0 Å². The van der Waals surface area contributed by atoms with Gasteiger partial charge in [0.05, 0.1) is 0 Å². The monoisotopic (exact) mass is 220 g/mol. The summed E-state index contributed by atoms with van der Waals surface area (Å²) in [6, 6.07) is 4.41. The Morgan fingerprint density at radius 1 is 1.43 bits per heavy atom. The molecule has 0 saturated carbocycles. The van der Waals surface area contributed by atoms with Crippen LogP contribution in [0.5, 0.6) is 0 Å². The van der Waals surface area contributed by atoms with Crippen LogP contribution in [0.25, 0.3) is 0 Å². The van der Waals surface area contributed by atoms with Crippen LogP contribution in [0.15, 0.2) is 18.2 Å². The summed E-state index contributed by atoms with van der Waals surface area (Å²) in [5, 5.41) is 9.64. The van der Waals surface area contributed by atoms with Crippen molar-refractivity contribution in [3.8, 4) is 0 Å². The molecule has 0 radical (unpaired) electrons. The van der Waals surface area contributed by atoms with E-state index in [9.17, 15) is 13.9 Å². The summed E-state index contributed by atoms with van der Waals surface area (Å²) in [6.45, 7) is 2.44. The predicted molar refractivity (Wildman–Crippen MR) is 51.8 cm³/mol. The number of aliphatic hydroxyl groups excluding tert-OH is 1. The summed E-state index contributed by atoms with van der Waals surface area (Å²) in [5.41, 5.74) is 0.926. The summed E-state index contributed by atoms with van der Waals surface area (Å²) in [4.78, 5) is 0. The van der Waals surface area contributed by atoms with Gasteiger partial charge in [-0.25, -0.2) is 8.78 Å². The van der Waals surface area contributed by atoms with Gasteiger partial charge in [0.15, 0.2) is 0 Å². The summed E-state index contributed by atoms with van der Waals surface area (Å²) in [7, 11) is 0. The highest BCUT2D eigenvalue weighted by Gasteiger charge is 2.33. The van der Waals surface area contributed by atoms with Crippen molar-refractivity contribution in [2.75, 3.05) is 0 Å². The molecule has 0 aromatic heterocycles. The Morgan fingerprint density at radius 3 is 2.43 bits per heavy atom. The first-order valence-electron chi connectivity index (χ1n) is 4.14. The van der Waals surface area contributed by atoms with E-state index in [1.807, 2.05) is 0 Å². The minimum atomic E-state index is -3.15. The minimum Gasteiger partial charge on any atom is -0.382 e. The Balaban J connectivity index is 3.03. The molecule has 0 bridgehead atoms. The molecule has 0 aliphatic carbocycles. The van der Waals surface area contributed by atoms with Gasteiger partial charge >= 0.3 is 0 Å². The fourth-order valence-corrected chi connectivity index (χ4v) is 1.26. The van der Waals surface area contributed by atoms with Crippen LogP contribution in [0, 0.1) is 6.92 Å². The van der Waals surface area contributed by atoms with Crippen LogP contribution in [0.2, 0.25) is 5.02 Å². The molecule has 0 spiro atoms. The first-order valence-corrected chi connectivity index (χ1v) is 4.52. The van der Waals surface area contributed by atoms with Crippen LogP contribution in [0.4, 0.5) is 8.78 Å². The lowest BCUT2D eigenvalue weighted by molar-refractivity contribution is -0.0954. The summed E-state index contributed by atoms with van der Waals surface area (Å²) in [6.07, 6.45) is -1.81. The van der Waals surface area contributed by atoms with Gasteiger partial charge in [-0.05, 0) is 24.1 Å². The van der Waals surface area contributed by atoms with E-state index in [0.29, 0.717) is 11.9 Å². The summed E-state index contributed by atoms with van der Waals surface area (Å²) < 4.78 is 25.5. The van der Waals surface area contributed by atoms with Gasteiger partial charge in [-0.3, -0.25) is 0 Å². The Kier molecular flexibility index (Phi) is 3.12. The standard InChI is InChI=1S/C10H11ClF2O/c1-6-3-4-7(5-8(6)11)9(14)10(2,12)13/h3-5,9,14H,1-2H3. The molecular weight excluding hydrogens is 210 g/mol. The number of benzene rings is 1. The maximum Gasteiger partial charge on any atom is 0.274 e. The van der Waals surface area contributed by atoms with Gasteiger partial charge in [-0.15, -0.1) is 0 Å². The quantitative estimate of drug-likeness (QED) is 0.811. The van der Waals surface area contributed by atoms with E-state index >= 15 is 0 Å². The fraction of sp³-hybridized carbons (Fsp3) is 0.400. The Bertz CT molecular complexity index is 333. The van der Waals surface area contributed by atoms with Crippen molar-refractivity contribution in [2.45, 2.75) is 25.9 Å². The van der Waals surface area contributed by atoms with Crippen molar-refractivity contribution < 1.29 is 13.9 Å². The van der Waals surface area contributed by atoms with Gasteiger partial charge in [0.25, 0.3) is 5.92 Å². The van der Waals surface area contributed by atoms with Crippen molar-refractivity contribution >= 4 is 11.6 Å². The Morgan fingerprint density at radius 2 is 2.00 bits per heavy atom. The lowest BCUT2D eigenvalue weighted by atomic mass is 10.0. The maximum absolute atomic E-state index is 12.7. The van der Waals surface area contributed by atoms with Crippen LogP contribution in [0.3, 0.4) is 0 Å². The molecule has 1 aromatic rings. The number of aryl methyl sites for hydroxylation is 1. The van der Waals surface area contributed by atoms with Crippen LogP contribution in [0.1, 0.15) is 24.2 Å². The zero-order chi connectivity index (χ0) is 10.9. The van der Waals surface area contributed by atoms with E-state index in [0.717, 1.165) is 5.56 Å². The highest BCUT2D eigenvalue weighted by Crippen LogP contribution is 2.32. The van der Waals surface area contributed by atoms with Gasteiger partial charge < -0.3 is 5.11 Å². The van der Waals surface area contributed by atoms with Gasteiger partial charge in [0.2, 0.25) is 0 Å². The topological polar surface area (TPSA) is 20.2 Å². The fourth-order valence-electron chi connectivity index (χ4n) is 1.07. The molecule has 1 N–H and O–H groups in total. The Labute approximate surface area is 86.3 Å². The molecular formula is C10H11ClF2O. The SMILES string of the molecule is Cc1ccc(C(O)C(C)(F)F)cc1Cl. The molecule has 78 valence electrons. The molecule has 1 aromatic carbocycles. The van der Waals surface area contributed by atoms with Gasteiger partial charge in [-0.1, -0.05) is 23.7 Å². The molecule has 14 heavy (non-hydrogen) atoms. The second kappa shape index (κ2) is 3.83. The van der Waals surface area contributed by atoms with E-state index < -0.39 is 12.0 Å². The number of hydrogen-bond donors (Lipinski definition) is 1. The van der Waals surface area contributed by atoms with Crippen molar-refractivity contribution in [3.05, 3.63) is 34.3 Å². The van der Waals surface area contributed by atoms with Crippen LogP contribution in [-0.4, -0.2) is 11.0 Å². The van der Waals surface area contributed by atoms with Crippen molar-refractivity contribution in [1.82, 2.24) is 0 Å². The average molecular weight is 221 g/mol. The lowest BCUT2D eigenvalue weighted by Crippen LogP contribution is -2.21. The molecule has 0 aliphatic rings. The first kappa shape index (κ1) is 11.4. The van der Waals surface area contributed by atoms with E-state index in [4.69, 9.17) is 11.6 Å². The largest absolute Gasteiger partial charge is 0.382 e. The number of alkyl halides is 2. The van der Waals surface area contributed by atoms with Crippen LogP contribution in [-0.2, 0) is 0 Å². The third-order valence-electron chi connectivity index (χ3n) is 1.99. The number of hydrogen-bond acceptors (Lipinski definition) is 1. The molecule has 0 aliphatic heterocycles. The lowest BCUT2D eigenvalue weighted by Gasteiger charge is -2.18. The molecule has 1 nitrogen and oxygen atoms in total. The molecule has 1 rings (SSSR count). The molecule has 0 amide bonds. The summed E-state index contributed by atoms with van der Waals surface area (Å²) in [5.74, 6) is -3.15. The van der Waals surface area contributed by atoms with Crippen molar-refractivity contribution in [3.63, 3.8) is 0 Å². The smallest absolute Gasteiger partial charge is 0.274 e. The molecule has 0 saturated heterocycles. The molecule has 4 heteroatoms. The summed E-state index contributed by atoms with van der Waals surface area (Å²) >= 11 is 5.75. The zero-order valence-electron chi connectivity index (χ0n) is 7.89. The average Bonchev–Trinajstić information content (AvgIpc) is 2.07. The zero-order valence-corrected chi connectivity index (χ0v) is 8.65. The van der Waals surface area contributed by atoms with Gasteiger partial charge in [0, 0.05) is 11.9 Å².